The first-order valence-corrected chi connectivity index (χ1v) is 6.21. The minimum Gasteiger partial charge on any atom is -0.240 e. The van der Waals surface area contributed by atoms with Crippen molar-refractivity contribution in [1.82, 2.24) is 9.78 Å². The van der Waals surface area contributed by atoms with Crippen molar-refractivity contribution in [3.63, 3.8) is 0 Å². The van der Waals surface area contributed by atoms with Gasteiger partial charge in [0.1, 0.15) is 0 Å². The molecule has 0 N–H and O–H groups in total. The van der Waals surface area contributed by atoms with Crippen molar-refractivity contribution in [1.29, 1.82) is 0 Å². The van der Waals surface area contributed by atoms with E-state index in [2.05, 4.69) is 21.0 Å². The second kappa shape index (κ2) is 4.93. The molecule has 0 spiro atoms. The number of hydrogen-bond donors (Lipinski definition) is 0. The minimum absolute atomic E-state index is 0.190. The molecule has 1 aromatic carbocycles. The Bertz CT molecular complexity index is 566. The van der Waals surface area contributed by atoms with Gasteiger partial charge in [0, 0.05) is 16.5 Å². The van der Waals surface area contributed by atoms with E-state index in [0.717, 1.165) is 16.9 Å². The monoisotopic (exact) mass is 338 g/mol. The highest BCUT2D eigenvalue weighted by atomic mass is 79.9. The van der Waals surface area contributed by atoms with Crippen LogP contribution in [0.1, 0.15) is 11.1 Å². The van der Waals surface area contributed by atoms with Crippen molar-refractivity contribution in [3.8, 4) is 5.69 Å². The first-order chi connectivity index (χ1) is 8.41. The SMILES string of the molecule is FC(F)(F)c1cnn(-c2ccc(Br)cc2CCl)c1. The molecule has 0 unspecified atom stereocenters. The highest BCUT2D eigenvalue weighted by molar-refractivity contribution is 9.10. The third-order valence-electron chi connectivity index (χ3n) is 2.34. The number of nitrogens with zero attached hydrogens (tertiary/aromatic N) is 2. The number of hydrogen-bond acceptors (Lipinski definition) is 1. The van der Waals surface area contributed by atoms with Crippen LogP contribution in [0, 0.1) is 0 Å². The molecule has 2 rings (SSSR count). The van der Waals surface area contributed by atoms with E-state index in [1.165, 1.54) is 4.68 Å². The van der Waals surface area contributed by atoms with Gasteiger partial charge in [-0.2, -0.15) is 18.3 Å². The summed E-state index contributed by atoms with van der Waals surface area (Å²) in [5.41, 5.74) is 0.442. The van der Waals surface area contributed by atoms with E-state index in [1.807, 2.05) is 0 Å². The van der Waals surface area contributed by atoms with Gasteiger partial charge in [-0.1, -0.05) is 15.9 Å². The summed E-state index contributed by atoms with van der Waals surface area (Å²) in [6.07, 6.45) is -2.66. The van der Waals surface area contributed by atoms with Crippen LogP contribution in [0.4, 0.5) is 13.2 Å². The normalized spacial score (nSPS) is 11.8. The molecule has 96 valence electrons. The van der Waals surface area contributed by atoms with Gasteiger partial charge in [-0.3, -0.25) is 0 Å². The lowest BCUT2D eigenvalue weighted by Gasteiger charge is -2.07. The molecule has 0 amide bonds. The second-order valence-electron chi connectivity index (χ2n) is 3.58. The summed E-state index contributed by atoms with van der Waals surface area (Å²) in [7, 11) is 0. The zero-order valence-electron chi connectivity index (χ0n) is 8.88. The summed E-state index contributed by atoms with van der Waals surface area (Å²) in [4.78, 5) is 0. The topological polar surface area (TPSA) is 17.8 Å². The van der Waals surface area contributed by atoms with Gasteiger partial charge >= 0.3 is 6.18 Å². The molecule has 7 heteroatoms. The second-order valence-corrected chi connectivity index (χ2v) is 4.76. The molecule has 1 aromatic heterocycles. The molecule has 0 aliphatic carbocycles. The first kappa shape index (κ1) is 13.4. The number of alkyl halides is 4. The third-order valence-corrected chi connectivity index (χ3v) is 3.12. The maximum atomic E-state index is 12.5. The Morgan fingerprint density at radius 2 is 2.06 bits per heavy atom. The van der Waals surface area contributed by atoms with Crippen molar-refractivity contribution >= 4 is 27.5 Å². The molecule has 0 saturated heterocycles. The zero-order valence-corrected chi connectivity index (χ0v) is 11.2. The van der Waals surface area contributed by atoms with E-state index in [1.54, 1.807) is 18.2 Å². The van der Waals surface area contributed by atoms with Crippen molar-refractivity contribution in [2.24, 2.45) is 0 Å². The van der Waals surface area contributed by atoms with E-state index < -0.39 is 11.7 Å². The summed E-state index contributed by atoms with van der Waals surface area (Å²) in [5, 5.41) is 3.71. The van der Waals surface area contributed by atoms with Gasteiger partial charge in [0.15, 0.2) is 0 Å². The Balaban J connectivity index is 2.46. The Labute approximate surface area is 114 Å². The molecule has 0 bridgehead atoms. The molecule has 1 heterocycles. The van der Waals surface area contributed by atoms with Crippen LogP contribution in [0.3, 0.4) is 0 Å². The lowest BCUT2D eigenvalue weighted by Crippen LogP contribution is -2.03. The Kier molecular flexibility index (Phi) is 3.68. The summed E-state index contributed by atoms with van der Waals surface area (Å²) in [5.74, 6) is 0.190. The molecule has 0 aliphatic heterocycles. The molecule has 0 radical (unpaired) electrons. The minimum atomic E-state index is -4.39. The van der Waals surface area contributed by atoms with Gasteiger partial charge in [-0.05, 0) is 23.8 Å². The molecule has 0 aliphatic rings. The molecule has 2 nitrogen and oxygen atoms in total. The van der Waals surface area contributed by atoms with E-state index in [4.69, 9.17) is 11.6 Å². The predicted octanol–water partition coefficient (Wildman–Crippen LogP) is 4.39. The van der Waals surface area contributed by atoms with E-state index in [0.29, 0.717) is 11.3 Å². The molecule has 2 aromatic rings. The first-order valence-electron chi connectivity index (χ1n) is 4.88. The average Bonchev–Trinajstić information content (AvgIpc) is 2.77. The molecule has 0 saturated carbocycles. The van der Waals surface area contributed by atoms with Crippen LogP contribution >= 0.6 is 27.5 Å². The largest absolute Gasteiger partial charge is 0.419 e. The maximum Gasteiger partial charge on any atom is 0.419 e. The zero-order chi connectivity index (χ0) is 13.3. The molecule has 18 heavy (non-hydrogen) atoms. The molecular weight excluding hydrogens is 332 g/mol. The van der Waals surface area contributed by atoms with E-state index >= 15 is 0 Å². The Morgan fingerprint density at radius 3 is 2.61 bits per heavy atom. The third kappa shape index (κ3) is 2.70. The lowest BCUT2D eigenvalue weighted by molar-refractivity contribution is -0.137. The summed E-state index contributed by atoms with van der Waals surface area (Å²) < 4.78 is 39.4. The van der Waals surface area contributed by atoms with Gasteiger partial charge in [-0.25, -0.2) is 4.68 Å². The van der Waals surface area contributed by atoms with Crippen molar-refractivity contribution in [3.05, 3.63) is 46.2 Å². The highest BCUT2D eigenvalue weighted by Crippen LogP contribution is 2.30. The van der Waals surface area contributed by atoms with Crippen LogP contribution in [0.25, 0.3) is 5.69 Å². The van der Waals surface area contributed by atoms with Crippen LogP contribution in [0.5, 0.6) is 0 Å². The van der Waals surface area contributed by atoms with Crippen molar-refractivity contribution in [2.75, 3.05) is 0 Å². The fraction of sp³-hybridized carbons (Fsp3) is 0.182. The lowest BCUT2D eigenvalue weighted by atomic mass is 10.2. The Hall–Kier alpha value is -1.01. The van der Waals surface area contributed by atoms with Gasteiger partial charge in [0.2, 0.25) is 0 Å². The summed E-state index contributed by atoms with van der Waals surface area (Å²) in [6.45, 7) is 0. The van der Waals surface area contributed by atoms with Crippen LogP contribution in [0.15, 0.2) is 35.1 Å². The number of halogens is 5. The van der Waals surface area contributed by atoms with Crippen LogP contribution < -0.4 is 0 Å². The van der Waals surface area contributed by atoms with Crippen LogP contribution in [-0.4, -0.2) is 9.78 Å². The summed E-state index contributed by atoms with van der Waals surface area (Å²) >= 11 is 9.04. The molecule has 0 atom stereocenters. The average molecular weight is 340 g/mol. The van der Waals surface area contributed by atoms with Crippen LogP contribution in [0.2, 0.25) is 0 Å². The van der Waals surface area contributed by atoms with E-state index in [-0.39, 0.29) is 5.88 Å². The number of aromatic nitrogens is 2. The molecule has 0 fully saturated rings. The summed E-state index contributed by atoms with van der Waals surface area (Å²) in [6, 6.07) is 5.13. The van der Waals surface area contributed by atoms with Gasteiger partial charge < -0.3 is 0 Å². The fourth-order valence-electron chi connectivity index (χ4n) is 1.49. The van der Waals surface area contributed by atoms with Gasteiger partial charge in [0.25, 0.3) is 0 Å². The van der Waals surface area contributed by atoms with Crippen molar-refractivity contribution < 1.29 is 13.2 Å². The van der Waals surface area contributed by atoms with E-state index in [9.17, 15) is 13.2 Å². The van der Waals surface area contributed by atoms with Crippen LogP contribution in [-0.2, 0) is 12.1 Å². The maximum absolute atomic E-state index is 12.5. The highest BCUT2D eigenvalue weighted by Gasteiger charge is 2.32. The number of rotatable bonds is 2. The number of benzene rings is 1. The molecular formula is C11H7BrClF3N2. The van der Waals surface area contributed by atoms with Crippen molar-refractivity contribution in [2.45, 2.75) is 12.1 Å². The smallest absolute Gasteiger partial charge is 0.240 e. The fourth-order valence-corrected chi connectivity index (χ4v) is 2.11. The predicted molar refractivity (Wildman–Crippen MR) is 65.8 cm³/mol. The van der Waals surface area contributed by atoms with Gasteiger partial charge in [0.05, 0.1) is 17.4 Å². The Morgan fingerprint density at radius 1 is 1.33 bits per heavy atom. The quantitative estimate of drug-likeness (QED) is 0.742. The van der Waals surface area contributed by atoms with Gasteiger partial charge in [-0.15, -0.1) is 11.6 Å². The standard InChI is InChI=1S/C11H7BrClF3N2/c12-9-1-2-10(7(3-9)4-13)18-6-8(5-17-18)11(14,15)16/h1-3,5-6H,4H2.